The third kappa shape index (κ3) is 3.95. The van der Waals surface area contributed by atoms with Crippen LogP contribution in [0.4, 0.5) is 0 Å². The van der Waals surface area contributed by atoms with Gasteiger partial charge in [0, 0.05) is 31.0 Å². The second-order valence-corrected chi connectivity index (χ2v) is 6.23. The molecule has 2 rings (SSSR count). The van der Waals surface area contributed by atoms with E-state index in [2.05, 4.69) is 0 Å². The molecule has 0 radical (unpaired) electrons. The van der Waals surface area contributed by atoms with Crippen molar-refractivity contribution in [3.63, 3.8) is 0 Å². The molecule has 2 fully saturated rings. The Morgan fingerprint density at radius 1 is 1.10 bits per heavy atom. The van der Waals surface area contributed by atoms with Gasteiger partial charge in [0.05, 0.1) is 0 Å². The fourth-order valence-corrected chi connectivity index (χ4v) is 3.48. The first-order chi connectivity index (χ1) is 9.58. The molecule has 1 aliphatic heterocycles. The van der Waals surface area contributed by atoms with Crippen LogP contribution in [0.25, 0.3) is 0 Å². The van der Waals surface area contributed by atoms with Gasteiger partial charge in [0.25, 0.3) is 0 Å². The van der Waals surface area contributed by atoms with Gasteiger partial charge >= 0.3 is 5.97 Å². The van der Waals surface area contributed by atoms with E-state index < -0.39 is 5.97 Å². The highest BCUT2D eigenvalue weighted by atomic mass is 16.4. The maximum absolute atomic E-state index is 12.7. The van der Waals surface area contributed by atoms with Crippen molar-refractivity contribution in [3.8, 4) is 0 Å². The molecule has 1 unspecified atom stereocenters. The van der Waals surface area contributed by atoms with Crippen LogP contribution in [0.1, 0.15) is 57.8 Å². The second-order valence-electron chi connectivity index (χ2n) is 6.23. The Balaban J connectivity index is 1.92. The summed E-state index contributed by atoms with van der Waals surface area (Å²) in [6, 6.07) is 0.381. The number of nitrogens with zero attached hydrogens (tertiary/aromatic N) is 1. The molecular weight excluding hydrogens is 256 g/mol. The average Bonchev–Trinajstić information content (AvgIpc) is 2.45. The first kappa shape index (κ1) is 15.3. The van der Waals surface area contributed by atoms with E-state index in [1.165, 1.54) is 0 Å². The van der Waals surface area contributed by atoms with E-state index >= 15 is 0 Å². The summed E-state index contributed by atoms with van der Waals surface area (Å²) in [5, 5.41) is 8.83. The summed E-state index contributed by atoms with van der Waals surface area (Å²) in [6.45, 7) is 0.797. The van der Waals surface area contributed by atoms with Crippen LogP contribution in [0.2, 0.25) is 0 Å². The Morgan fingerprint density at radius 3 is 2.45 bits per heavy atom. The lowest BCUT2D eigenvalue weighted by molar-refractivity contribution is -0.143. The van der Waals surface area contributed by atoms with Crippen molar-refractivity contribution in [2.24, 2.45) is 11.7 Å². The van der Waals surface area contributed by atoms with E-state index in [1.807, 2.05) is 4.90 Å². The topological polar surface area (TPSA) is 83.6 Å². The lowest BCUT2D eigenvalue weighted by Gasteiger charge is -2.39. The van der Waals surface area contributed by atoms with E-state index in [0.29, 0.717) is 6.42 Å². The van der Waals surface area contributed by atoms with Crippen LogP contribution in [0.5, 0.6) is 0 Å². The molecule has 1 saturated heterocycles. The summed E-state index contributed by atoms with van der Waals surface area (Å²) in [6.07, 6.45) is 7.49. The van der Waals surface area contributed by atoms with E-state index in [1.54, 1.807) is 0 Å². The summed E-state index contributed by atoms with van der Waals surface area (Å²) in [5.41, 5.74) is 5.89. The lowest BCUT2D eigenvalue weighted by atomic mass is 9.84. The molecule has 3 N–H and O–H groups in total. The number of aliphatic carboxylic acids is 1. The normalized spacial score (nSPS) is 31.1. The number of carboxylic acid groups (broad SMARTS) is 1. The molecule has 0 aromatic carbocycles. The van der Waals surface area contributed by atoms with Crippen LogP contribution in [0.15, 0.2) is 0 Å². The number of likely N-dealkylation sites (tertiary alicyclic amines) is 1. The van der Waals surface area contributed by atoms with Crippen LogP contribution >= 0.6 is 0 Å². The van der Waals surface area contributed by atoms with Gasteiger partial charge in [-0.15, -0.1) is 0 Å². The summed E-state index contributed by atoms with van der Waals surface area (Å²) in [4.78, 5) is 25.4. The van der Waals surface area contributed by atoms with Gasteiger partial charge in [0.1, 0.15) is 0 Å². The number of hydrogen-bond donors (Lipinski definition) is 2. The van der Waals surface area contributed by atoms with Crippen LogP contribution in [-0.2, 0) is 9.59 Å². The van der Waals surface area contributed by atoms with E-state index in [0.717, 1.165) is 51.5 Å². The maximum atomic E-state index is 12.7. The predicted molar refractivity (Wildman–Crippen MR) is 76.2 cm³/mol. The van der Waals surface area contributed by atoms with Crippen molar-refractivity contribution in [1.29, 1.82) is 0 Å². The quantitative estimate of drug-likeness (QED) is 0.823. The molecule has 5 nitrogen and oxygen atoms in total. The number of hydrogen-bond acceptors (Lipinski definition) is 3. The van der Waals surface area contributed by atoms with Gasteiger partial charge in [-0.1, -0.05) is 0 Å². The Morgan fingerprint density at radius 2 is 1.80 bits per heavy atom. The molecule has 1 aliphatic carbocycles. The van der Waals surface area contributed by atoms with E-state index in [-0.39, 0.29) is 30.3 Å². The lowest BCUT2D eigenvalue weighted by Crippen LogP contribution is -2.47. The van der Waals surface area contributed by atoms with Gasteiger partial charge in [-0.25, -0.2) is 0 Å². The van der Waals surface area contributed by atoms with Gasteiger partial charge in [-0.05, 0) is 51.4 Å². The monoisotopic (exact) mass is 282 g/mol. The maximum Gasteiger partial charge on any atom is 0.303 e. The predicted octanol–water partition coefficient (Wildman–Crippen LogP) is 1.75. The van der Waals surface area contributed by atoms with Gasteiger partial charge in [-0.3, -0.25) is 9.59 Å². The molecule has 1 saturated carbocycles. The minimum Gasteiger partial charge on any atom is -0.481 e. The largest absolute Gasteiger partial charge is 0.481 e. The van der Waals surface area contributed by atoms with Crippen molar-refractivity contribution in [2.75, 3.05) is 6.54 Å². The second kappa shape index (κ2) is 7.07. The number of carbonyl (C=O) groups excluding carboxylic acids is 1. The minimum absolute atomic E-state index is 0.111. The molecule has 0 aromatic heterocycles. The highest BCUT2D eigenvalue weighted by molar-refractivity contribution is 5.79. The molecule has 1 heterocycles. The van der Waals surface area contributed by atoms with E-state index in [9.17, 15) is 9.59 Å². The standard InChI is InChI=1S/C15H26N2O3/c16-12-6-4-11(5-7-12)15(20)17-10-2-1-3-13(17)8-9-14(18)19/h11-13H,1-10,16H2,(H,18,19). The zero-order chi connectivity index (χ0) is 14.5. The highest BCUT2D eigenvalue weighted by Gasteiger charge is 2.33. The molecule has 5 heteroatoms. The number of carbonyl (C=O) groups is 2. The Hall–Kier alpha value is -1.10. The Bertz CT molecular complexity index is 351. The number of nitrogens with two attached hydrogens (primary N) is 1. The fourth-order valence-electron chi connectivity index (χ4n) is 3.48. The molecule has 0 bridgehead atoms. The van der Waals surface area contributed by atoms with Crippen LogP contribution in [0, 0.1) is 5.92 Å². The SMILES string of the molecule is NC1CCC(C(=O)N2CCCCC2CCC(=O)O)CC1. The molecule has 20 heavy (non-hydrogen) atoms. The summed E-state index contributed by atoms with van der Waals surface area (Å²) in [5.74, 6) is -0.418. The number of piperidine rings is 1. The summed E-state index contributed by atoms with van der Waals surface area (Å²) < 4.78 is 0. The summed E-state index contributed by atoms with van der Waals surface area (Å²) in [7, 11) is 0. The first-order valence-electron chi connectivity index (χ1n) is 7.85. The molecule has 1 atom stereocenters. The number of amides is 1. The van der Waals surface area contributed by atoms with Crippen LogP contribution in [0.3, 0.4) is 0 Å². The van der Waals surface area contributed by atoms with Gasteiger partial charge in [0.15, 0.2) is 0 Å². The Labute approximate surface area is 120 Å². The smallest absolute Gasteiger partial charge is 0.303 e. The third-order valence-corrected chi connectivity index (χ3v) is 4.72. The molecular formula is C15H26N2O3. The fraction of sp³-hybridized carbons (Fsp3) is 0.867. The van der Waals surface area contributed by atoms with Gasteiger partial charge in [0.2, 0.25) is 5.91 Å². The average molecular weight is 282 g/mol. The molecule has 114 valence electrons. The number of rotatable bonds is 4. The molecule has 0 spiro atoms. The van der Waals surface area contributed by atoms with Crippen molar-refractivity contribution in [3.05, 3.63) is 0 Å². The van der Waals surface area contributed by atoms with Crippen LogP contribution in [-0.4, -0.2) is 40.5 Å². The molecule has 1 amide bonds. The third-order valence-electron chi connectivity index (χ3n) is 4.72. The first-order valence-corrected chi connectivity index (χ1v) is 7.85. The molecule has 2 aliphatic rings. The van der Waals surface area contributed by atoms with Crippen LogP contribution < -0.4 is 5.73 Å². The summed E-state index contributed by atoms with van der Waals surface area (Å²) >= 11 is 0. The zero-order valence-electron chi connectivity index (χ0n) is 12.1. The Kier molecular flexibility index (Phi) is 5.40. The van der Waals surface area contributed by atoms with Gasteiger partial charge < -0.3 is 15.7 Å². The zero-order valence-corrected chi connectivity index (χ0v) is 12.1. The van der Waals surface area contributed by atoms with E-state index in [4.69, 9.17) is 10.8 Å². The van der Waals surface area contributed by atoms with Crippen molar-refractivity contribution in [1.82, 2.24) is 4.90 Å². The number of carboxylic acids is 1. The van der Waals surface area contributed by atoms with Crippen molar-refractivity contribution in [2.45, 2.75) is 69.9 Å². The minimum atomic E-state index is -0.772. The molecule has 0 aromatic rings. The highest BCUT2D eigenvalue weighted by Crippen LogP contribution is 2.29. The van der Waals surface area contributed by atoms with Gasteiger partial charge in [-0.2, -0.15) is 0 Å². The van der Waals surface area contributed by atoms with Crippen molar-refractivity contribution >= 4 is 11.9 Å². The van der Waals surface area contributed by atoms with Crippen molar-refractivity contribution < 1.29 is 14.7 Å².